The number of nitrogens with zero attached hydrogens (tertiary/aromatic N) is 3. The zero-order valence-electron chi connectivity index (χ0n) is 27.7. The molecule has 0 aromatic heterocycles. The van der Waals surface area contributed by atoms with Crippen LogP contribution in [-0.2, 0) is 32.2 Å². The summed E-state index contributed by atoms with van der Waals surface area (Å²) in [7, 11) is -3.23. The Morgan fingerprint density at radius 2 is 1.50 bits per heavy atom. The topological polar surface area (TPSA) is 108 Å². The van der Waals surface area contributed by atoms with Crippen LogP contribution in [0.2, 0.25) is 0 Å². The van der Waals surface area contributed by atoms with Crippen LogP contribution in [0, 0.1) is 5.92 Å². The summed E-state index contributed by atoms with van der Waals surface area (Å²) >= 11 is 1.32. The van der Waals surface area contributed by atoms with Crippen LogP contribution in [0.25, 0.3) is 0 Å². The van der Waals surface area contributed by atoms with Crippen molar-refractivity contribution in [2.75, 3.05) is 34.4 Å². The van der Waals surface area contributed by atoms with Crippen LogP contribution in [0.3, 0.4) is 0 Å². The van der Waals surface area contributed by atoms with Gasteiger partial charge in [-0.05, 0) is 81.3 Å². The molecule has 3 aliphatic rings. The molecule has 254 valence electrons. The summed E-state index contributed by atoms with van der Waals surface area (Å²) in [5.41, 5.74) is 3.44. The molecule has 0 unspecified atom stereocenters. The summed E-state index contributed by atoms with van der Waals surface area (Å²) in [5.74, 6) is 0.178. The minimum Gasteiger partial charge on any atom is -0.444 e. The number of hydrogen-bond acceptors (Lipinski definition) is 7. The van der Waals surface area contributed by atoms with Gasteiger partial charge in [-0.15, -0.1) is 0 Å². The first kappa shape index (κ1) is 34.0. The van der Waals surface area contributed by atoms with Gasteiger partial charge in [-0.3, -0.25) is 4.79 Å². The average Bonchev–Trinajstić information content (AvgIpc) is 3.51. The predicted molar refractivity (Wildman–Crippen MR) is 194 cm³/mol. The largest absolute Gasteiger partial charge is 0.444 e. The van der Waals surface area contributed by atoms with Gasteiger partial charge in [-0.1, -0.05) is 72.4 Å². The number of sulfone groups is 1. The molecule has 0 radical (unpaired) electrons. The molecule has 2 amide bonds. The fourth-order valence-electron chi connectivity index (χ4n) is 6.71. The number of amidine groups is 1. The van der Waals surface area contributed by atoms with Gasteiger partial charge in [0.15, 0.2) is 15.0 Å². The summed E-state index contributed by atoms with van der Waals surface area (Å²) in [6.45, 7) is 7.25. The maximum absolute atomic E-state index is 13.8. The molecular formula is C37H44N4O5S2. The van der Waals surface area contributed by atoms with Crippen LogP contribution >= 0.6 is 11.8 Å². The summed E-state index contributed by atoms with van der Waals surface area (Å²) < 4.78 is 30.8. The Balaban J connectivity index is 1.20. The van der Waals surface area contributed by atoms with Gasteiger partial charge >= 0.3 is 6.09 Å². The number of aliphatic imine (C=N–C) groups is 1. The van der Waals surface area contributed by atoms with E-state index in [0.717, 1.165) is 49.3 Å². The molecular weight excluding hydrogens is 645 g/mol. The van der Waals surface area contributed by atoms with Crippen molar-refractivity contribution in [1.82, 2.24) is 5.32 Å². The van der Waals surface area contributed by atoms with E-state index in [1.807, 2.05) is 47.4 Å². The van der Waals surface area contributed by atoms with Gasteiger partial charge in [-0.2, -0.15) is 4.99 Å². The first-order chi connectivity index (χ1) is 22.9. The van der Waals surface area contributed by atoms with Crippen molar-refractivity contribution in [2.24, 2.45) is 10.9 Å². The predicted octanol–water partition coefficient (Wildman–Crippen LogP) is 5.88. The number of fused-ring (bicyclic) bond motifs is 1. The van der Waals surface area contributed by atoms with E-state index in [1.54, 1.807) is 20.8 Å². The highest BCUT2D eigenvalue weighted by atomic mass is 32.2. The summed E-state index contributed by atoms with van der Waals surface area (Å²) in [5, 5.41) is 2.94. The summed E-state index contributed by atoms with van der Waals surface area (Å²) in [6.07, 6.45) is 2.89. The maximum Gasteiger partial charge on any atom is 0.408 e. The van der Waals surface area contributed by atoms with Crippen molar-refractivity contribution >= 4 is 50.1 Å². The lowest BCUT2D eigenvalue weighted by Gasteiger charge is -2.34. The Bertz CT molecular complexity index is 1720. The number of rotatable bonds is 8. The molecule has 1 N–H and O–H groups in total. The minimum atomic E-state index is -3.23. The fourth-order valence-corrected chi connectivity index (χ4v) is 10.6. The van der Waals surface area contributed by atoms with Crippen molar-refractivity contribution < 1.29 is 22.7 Å². The van der Waals surface area contributed by atoms with Crippen molar-refractivity contribution in [2.45, 2.75) is 69.4 Å². The van der Waals surface area contributed by atoms with Gasteiger partial charge in [0, 0.05) is 36.1 Å². The Morgan fingerprint density at radius 1 is 0.896 bits per heavy atom. The van der Waals surface area contributed by atoms with Crippen LogP contribution in [0.15, 0.2) is 89.9 Å². The minimum absolute atomic E-state index is 0.00183. The van der Waals surface area contributed by atoms with E-state index in [2.05, 4.69) is 57.7 Å². The Labute approximate surface area is 288 Å². The van der Waals surface area contributed by atoms with Gasteiger partial charge in [0.2, 0.25) is 0 Å². The molecule has 0 bridgehead atoms. The molecule has 0 aliphatic carbocycles. The number of anilines is 2. The van der Waals surface area contributed by atoms with E-state index in [1.165, 1.54) is 17.3 Å². The first-order valence-corrected chi connectivity index (χ1v) is 19.3. The molecule has 11 heteroatoms. The molecule has 3 fully saturated rings. The summed E-state index contributed by atoms with van der Waals surface area (Å²) in [4.78, 5) is 35.4. The number of amides is 2. The van der Waals surface area contributed by atoms with Gasteiger partial charge in [0.05, 0.1) is 17.5 Å². The average molecular weight is 689 g/mol. The zero-order chi connectivity index (χ0) is 33.9. The molecule has 48 heavy (non-hydrogen) atoms. The van der Waals surface area contributed by atoms with E-state index in [-0.39, 0.29) is 29.2 Å². The van der Waals surface area contributed by atoms with Gasteiger partial charge in [0.25, 0.3) is 5.91 Å². The van der Waals surface area contributed by atoms with Gasteiger partial charge < -0.3 is 19.9 Å². The fraction of sp³-hybridized carbons (Fsp3) is 0.432. The number of hydrogen-bond donors (Lipinski definition) is 1. The third kappa shape index (κ3) is 8.60. The SMILES string of the molecule is CC(C)(C)OC(=O)N[C@H](Cc1ccccc1)C(=O)N=C1S[C@H]2CS(=O)(=O)C[C@H]2N1c1ccc(N2CCC(Cc3ccccc3)CC2)cc1. The molecule has 3 aromatic carbocycles. The number of thioether (sulfide) groups is 1. The normalized spacial score (nSPS) is 22.4. The smallest absolute Gasteiger partial charge is 0.408 e. The third-order valence-electron chi connectivity index (χ3n) is 9.02. The van der Waals surface area contributed by atoms with E-state index in [9.17, 15) is 18.0 Å². The third-order valence-corrected chi connectivity index (χ3v) is 12.2. The quantitative estimate of drug-likeness (QED) is 0.313. The van der Waals surface area contributed by atoms with E-state index < -0.39 is 33.5 Å². The number of ether oxygens (including phenoxy) is 1. The lowest BCUT2D eigenvalue weighted by Crippen LogP contribution is -2.45. The van der Waals surface area contributed by atoms with Crippen LogP contribution < -0.4 is 15.1 Å². The van der Waals surface area contributed by atoms with E-state index >= 15 is 0 Å². The number of alkyl carbamates (subject to hydrolysis) is 1. The monoisotopic (exact) mass is 688 g/mol. The molecule has 3 atom stereocenters. The molecule has 3 heterocycles. The highest BCUT2D eigenvalue weighted by Gasteiger charge is 2.49. The van der Waals surface area contributed by atoms with Crippen molar-refractivity contribution in [3.05, 3.63) is 96.1 Å². The second-order valence-corrected chi connectivity index (χ2v) is 17.3. The molecule has 6 rings (SSSR count). The first-order valence-electron chi connectivity index (χ1n) is 16.6. The van der Waals surface area contributed by atoms with E-state index in [4.69, 9.17) is 4.74 Å². The molecule has 3 saturated heterocycles. The van der Waals surface area contributed by atoms with E-state index in [0.29, 0.717) is 11.1 Å². The number of benzene rings is 3. The van der Waals surface area contributed by atoms with Crippen molar-refractivity contribution in [3.8, 4) is 0 Å². The number of carbonyl (C=O) groups excluding carboxylic acids is 2. The van der Waals surface area contributed by atoms with Crippen LogP contribution in [0.1, 0.15) is 44.7 Å². The molecule has 3 aromatic rings. The van der Waals surface area contributed by atoms with Crippen LogP contribution in [0.5, 0.6) is 0 Å². The van der Waals surface area contributed by atoms with Gasteiger partial charge in [-0.25, -0.2) is 13.2 Å². The van der Waals surface area contributed by atoms with Crippen molar-refractivity contribution in [3.63, 3.8) is 0 Å². The second-order valence-electron chi connectivity index (χ2n) is 13.9. The Kier molecular flexibility index (Phi) is 10.2. The maximum atomic E-state index is 13.8. The number of carbonyl (C=O) groups is 2. The van der Waals surface area contributed by atoms with Gasteiger partial charge in [0.1, 0.15) is 11.6 Å². The molecule has 0 saturated carbocycles. The van der Waals surface area contributed by atoms with Crippen LogP contribution in [0.4, 0.5) is 16.2 Å². The standard InChI is InChI=1S/C37H44N4O5S2/c1-37(2,3)46-36(43)38-31(23-27-12-8-5-9-13-27)34(42)39-35-41(32-24-48(44,45)25-33(32)47-35)30-16-14-29(15-17-30)40-20-18-28(19-21-40)22-26-10-6-4-7-11-26/h4-17,28,31-33H,18-25H2,1-3H3,(H,38,43)/t31-,32-,33+/m1/s1. The zero-order valence-corrected chi connectivity index (χ0v) is 29.4. The molecule has 9 nitrogen and oxygen atoms in total. The highest BCUT2D eigenvalue weighted by Crippen LogP contribution is 2.41. The number of piperidine rings is 1. The second kappa shape index (κ2) is 14.3. The van der Waals surface area contributed by atoms with Crippen LogP contribution in [-0.4, -0.2) is 73.1 Å². The Hall–Kier alpha value is -3.83. The summed E-state index contributed by atoms with van der Waals surface area (Å²) in [6, 6.07) is 27.0. The Morgan fingerprint density at radius 3 is 2.12 bits per heavy atom. The van der Waals surface area contributed by atoms with Crippen molar-refractivity contribution in [1.29, 1.82) is 0 Å². The number of nitrogens with one attached hydrogen (secondary N) is 1. The highest BCUT2D eigenvalue weighted by molar-refractivity contribution is 8.16. The molecule has 3 aliphatic heterocycles. The molecule has 0 spiro atoms. The lowest BCUT2D eigenvalue weighted by atomic mass is 9.90. The lowest BCUT2D eigenvalue weighted by molar-refractivity contribution is -0.119.